The number of esters is 1. The third-order valence-corrected chi connectivity index (χ3v) is 3.10. The van der Waals surface area contributed by atoms with Crippen LogP contribution in [0, 0.1) is 0 Å². The molecule has 7 nitrogen and oxygen atoms in total. The van der Waals surface area contributed by atoms with Gasteiger partial charge in [-0.15, -0.1) is 0 Å². The summed E-state index contributed by atoms with van der Waals surface area (Å²) >= 11 is 0. The standard InChI is InChI=1S/C15H20N2O5/c1-21-12(18)9-8-11(14(16)19)17-15(20)13(22-2)10-6-4-3-5-7-10/h3-7,11,13H,8-9H2,1-2H3,(H2,16,19)(H,17,20)/t11-,13+/m0/s1. The van der Waals surface area contributed by atoms with Crippen molar-refractivity contribution >= 4 is 17.8 Å². The van der Waals surface area contributed by atoms with E-state index in [4.69, 9.17) is 10.5 Å². The van der Waals surface area contributed by atoms with Crippen molar-refractivity contribution in [3.05, 3.63) is 35.9 Å². The summed E-state index contributed by atoms with van der Waals surface area (Å²) in [5.74, 6) is -1.70. The number of benzene rings is 1. The molecule has 0 aliphatic carbocycles. The van der Waals surface area contributed by atoms with Gasteiger partial charge in [-0.1, -0.05) is 30.3 Å². The second-order valence-corrected chi connectivity index (χ2v) is 4.60. The molecule has 2 atom stereocenters. The Labute approximate surface area is 128 Å². The van der Waals surface area contributed by atoms with Crippen LogP contribution in [0.25, 0.3) is 0 Å². The number of carbonyl (C=O) groups excluding carboxylic acids is 3. The maximum atomic E-state index is 12.2. The van der Waals surface area contributed by atoms with Crippen molar-refractivity contribution in [3.63, 3.8) is 0 Å². The fraction of sp³-hybridized carbons (Fsp3) is 0.400. The van der Waals surface area contributed by atoms with Crippen LogP contribution in [0.4, 0.5) is 0 Å². The number of nitrogens with two attached hydrogens (primary N) is 1. The zero-order valence-corrected chi connectivity index (χ0v) is 12.6. The number of ether oxygens (including phenoxy) is 2. The Bertz CT molecular complexity index is 518. The van der Waals surface area contributed by atoms with Crippen LogP contribution in [0.1, 0.15) is 24.5 Å². The third-order valence-electron chi connectivity index (χ3n) is 3.10. The summed E-state index contributed by atoms with van der Waals surface area (Å²) in [7, 11) is 2.64. The molecule has 2 amide bonds. The molecule has 1 rings (SSSR count). The number of primary amides is 1. The average molecular weight is 308 g/mol. The van der Waals surface area contributed by atoms with Crippen molar-refractivity contribution in [2.75, 3.05) is 14.2 Å². The highest BCUT2D eigenvalue weighted by molar-refractivity contribution is 5.89. The van der Waals surface area contributed by atoms with Gasteiger partial charge in [0.2, 0.25) is 5.91 Å². The molecule has 0 saturated heterocycles. The van der Waals surface area contributed by atoms with Crippen molar-refractivity contribution in [2.24, 2.45) is 5.73 Å². The number of nitrogens with one attached hydrogen (secondary N) is 1. The highest BCUT2D eigenvalue weighted by Gasteiger charge is 2.25. The SMILES string of the molecule is COC(=O)CC[C@H](NC(=O)[C@H](OC)c1ccccc1)C(N)=O. The normalized spacial score (nSPS) is 13.0. The maximum absolute atomic E-state index is 12.2. The van der Waals surface area contributed by atoms with E-state index in [2.05, 4.69) is 10.1 Å². The number of methoxy groups -OCH3 is 2. The summed E-state index contributed by atoms with van der Waals surface area (Å²) < 4.78 is 9.66. The van der Waals surface area contributed by atoms with E-state index in [1.807, 2.05) is 6.07 Å². The summed E-state index contributed by atoms with van der Waals surface area (Å²) in [5, 5.41) is 2.50. The summed E-state index contributed by atoms with van der Waals surface area (Å²) in [4.78, 5) is 34.8. The minimum atomic E-state index is -0.965. The van der Waals surface area contributed by atoms with Crippen LogP contribution in [-0.4, -0.2) is 38.0 Å². The van der Waals surface area contributed by atoms with Gasteiger partial charge in [-0.05, 0) is 12.0 Å². The Morgan fingerprint density at radius 1 is 1.18 bits per heavy atom. The van der Waals surface area contributed by atoms with Gasteiger partial charge in [0.15, 0.2) is 6.10 Å². The van der Waals surface area contributed by atoms with Crippen LogP contribution in [-0.2, 0) is 23.9 Å². The lowest BCUT2D eigenvalue weighted by Crippen LogP contribution is -2.46. The van der Waals surface area contributed by atoms with Gasteiger partial charge in [-0.2, -0.15) is 0 Å². The number of hydrogen-bond donors (Lipinski definition) is 2. The first-order valence-electron chi connectivity index (χ1n) is 6.73. The van der Waals surface area contributed by atoms with Crippen LogP contribution in [0.2, 0.25) is 0 Å². The molecule has 0 bridgehead atoms. The number of carbonyl (C=O) groups is 3. The maximum Gasteiger partial charge on any atom is 0.305 e. The first-order valence-corrected chi connectivity index (χ1v) is 6.73. The Morgan fingerprint density at radius 2 is 1.82 bits per heavy atom. The molecule has 1 aromatic carbocycles. The van der Waals surface area contributed by atoms with E-state index < -0.39 is 29.9 Å². The van der Waals surface area contributed by atoms with Crippen molar-refractivity contribution in [2.45, 2.75) is 25.0 Å². The first-order chi connectivity index (χ1) is 10.5. The van der Waals surface area contributed by atoms with Gasteiger partial charge < -0.3 is 20.5 Å². The number of amides is 2. The van der Waals surface area contributed by atoms with Gasteiger partial charge in [0.25, 0.3) is 5.91 Å². The molecule has 0 aromatic heterocycles. The fourth-order valence-corrected chi connectivity index (χ4v) is 1.92. The summed E-state index contributed by atoms with van der Waals surface area (Å²) in [6.07, 6.45) is -0.812. The minimum absolute atomic E-state index is 0.0205. The molecule has 22 heavy (non-hydrogen) atoms. The van der Waals surface area contributed by atoms with Crippen LogP contribution in [0.15, 0.2) is 30.3 Å². The molecule has 7 heteroatoms. The molecule has 0 radical (unpaired) electrons. The molecular weight excluding hydrogens is 288 g/mol. The van der Waals surface area contributed by atoms with Crippen molar-refractivity contribution < 1.29 is 23.9 Å². The second-order valence-electron chi connectivity index (χ2n) is 4.60. The first kappa shape index (κ1) is 17.6. The van der Waals surface area contributed by atoms with Crippen molar-refractivity contribution in [1.29, 1.82) is 0 Å². The Balaban J connectivity index is 2.73. The second kappa shape index (κ2) is 8.78. The van der Waals surface area contributed by atoms with Gasteiger partial charge in [-0.25, -0.2) is 0 Å². The highest BCUT2D eigenvalue weighted by Crippen LogP contribution is 2.16. The molecule has 0 aliphatic heterocycles. The molecular formula is C15H20N2O5. The van der Waals surface area contributed by atoms with Crippen LogP contribution in [0.3, 0.4) is 0 Å². The van der Waals surface area contributed by atoms with E-state index in [-0.39, 0.29) is 12.8 Å². The highest BCUT2D eigenvalue weighted by atomic mass is 16.5. The van der Waals surface area contributed by atoms with Crippen molar-refractivity contribution in [1.82, 2.24) is 5.32 Å². The van der Waals surface area contributed by atoms with Crippen LogP contribution in [0.5, 0.6) is 0 Å². The molecule has 0 fully saturated rings. The predicted molar refractivity (Wildman–Crippen MR) is 78.6 cm³/mol. The van der Waals surface area contributed by atoms with E-state index in [1.165, 1.54) is 14.2 Å². The summed E-state index contributed by atoms with van der Waals surface area (Å²) in [6, 6.07) is 7.88. The van der Waals surface area contributed by atoms with Gasteiger partial charge in [-0.3, -0.25) is 14.4 Å². The molecule has 3 N–H and O–H groups in total. The lowest BCUT2D eigenvalue weighted by molar-refractivity contribution is -0.141. The van der Waals surface area contributed by atoms with Crippen LogP contribution < -0.4 is 11.1 Å². The lowest BCUT2D eigenvalue weighted by atomic mass is 10.1. The van der Waals surface area contributed by atoms with E-state index in [0.29, 0.717) is 5.56 Å². The van der Waals surface area contributed by atoms with Gasteiger partial charge in [0, 0.05) is 13.5 Å². The van der Waals surface area contributed by atoms with E-state index in [1.54, 1.807) is 24.3 Å². The fourth-order valence-electron chi connectivity index (χ4n) is 1.92. The summed E-state index contributed by atoms with van der Waals surface area (Å²) in [5.41, 5.74) is 5.90. The topological polar surface area (TPSA) is 108 Å². The Hall–Kier alpha value is -2.41. The van der Waals surface area contributed by atoms with Crippen molar-refractivity contribution in [3.8, 4) is 0 Å². The molecule has 1 aromatic rings. The van der Waals surface area contributed by atoms with Gasteiger partial charge in [0.1, 0.15) is 6.04 Å². The number of rotatable bonds is 8. The molecule has 0 unspecified atom stereocenters. The average Bonchev–Trinajstić information content (AvgIpc) is 2.52. The predicted octanol–water partition coefficient (Wildman–Crippen LogP) is 0.297. The molecule has 120 valence electrons. The Kier molecular flexibility index (Phi) is 7.04. The van der Waals surface area contributed by atoms with E-state index in [9.17, 15) is 14.4 Å². The molecule has 0 heterocycles. The minimum Gasteiger partial charge on any atom is -0.469 e. The quantitative estimate of drug-likeness (QED) is 0.671. The van der Waals surface area contributed by atoms with E-state index in [0.717, 1.165) is 0 Å². The summed E-state index contributed by atoms with van der Waals surface area (Å²) in [6.45, 7) is 0. The molecule has 0 aliphatic rings. The number of hydrogen-bond acceptors (Lipinski definition) is 5. The van der Waals surface area contributed by atoms with Gasteiger partial charge in [0.05, 0.1) is 7.11 Å². The van der Waals surface area contributed by atoms with Gasteiger partial charge >= 0.3 is 5.97 Å². The lowest BCUT2D eigenvalue weighted by Gasteiger charge is -2.20. The van der Waals surface area contributed by atoms with E-state index >= 15 is 0 Å². The third kappa shape index (κ3) is 5.17. The zero-order valence-electron chi connectivity index (χ0n) is 12.6. The zero-order chi connectivity index (χ0) is 16.5. The Morgan fingerprint density at radius 3 is 2.32 bits per heavy atom. The van der Waals surface area contributed by atoms with Crippen LogP contribution >= 0.6 is 0 Å². The largest absolute Gasteiger partial charge is 0.469 e. The smallest absolute Gasteiger partial charge is 0.305 e. The monoisotopic (exact) mass is 308 g/mol. The molecule has 0 spiro atoms. The molecule has 0 saturated carbocycles.